The van der Waals surface area contributed by atoms with Gasteiger partial charge in [0.25, 0.3) is 0 Å². The minimum absolute atomic E-state index is 0.116. The van der Waals surface area contributed by atoms with E-state index in [9.17, 15) is 14.7 Å². The first kappa shape index (κ1) is 17.4. The second-order valence-electron chi connectivity index (χ2n) is 6.12. The zero-order valence-electron chi connectivity index (χ0n) is 14.6. The van der Waals surface area contributed by atoms with Gasteiger partial charge in [-0.3, -0.25) is 14.6 Å². The summed E-state index contributed by atoms with van der Waals surface area (Å²) >= 11 is 0. The van der Waals surface area contributed by atoms with E-state index in [0.29, 0.717) is 11.2 Å². The number of amides is 2. The normalized spacial score (nSPS) is 10.5. The highest BCUT2D eigenvalue weighted by Crippen LogP contribution is 2.22. The largest absolute Gasteiger partial charge is 0.508 e. The summed E-state index contributed by atoms with van der Waals surface area (Å²) in [5.74, 6) is -1.29. The second-order valence-corrected chi connectivity index (χ2v) is 6.12. The molecule has 0 fully saturated rings. The number of hydrogen-bond acceptors (Lipinski definition) is 4. The first-order valence-corrected chi connectivity index (χ1v) is 8.15. The second kappa shape index (κ2) is 7.23. The van der Waals surface area contributed by atoms with Gasteiger partial charge in [0.1, 0.15) is 5.75 Å². The van der Waals surface area contributed by atoms with Gasteiger partial charge in [-0.2, -0.15) is 0 Å². The van der Waals surface area contributed by atoms with Gasteiger partial charge in [-0.15, -0.1) is 0 Å². The van der Waals surface area contributed by atoms with Gasteiger partial charge in [-0.25, -0.2) is 0 Å². The molecule has 0 aliphatic rings. The summed E-state index contributed by atoms with van der Waals surface area (Å²) in [6.07, 6.45) is 0. The van der Waals surface area contributed by atoms with Crippen molar-refractivity contribution in [3.05, 3.63) is 65.9 Å². The summed E-state index contributed by atoms with van der Waals surface area (Å²) in [7, 11) is 1.54. The molecule has 2 N–H and O–H groups in total. The number of benzene rings is 2. The molecule has 0 aliphatic carbocycles. The van der Waals surface area contributed by atoms with Gasteiger partial charge in [0.2, 0.25) is 0 Å². The molecule has 6 heteroatoms. The number of anilines is 1. The molecule has 0 atom stereocenters. The molecule has 0 unspecified atom stereocenters. The fraction of sp³-hybridized carbons (Fsp3) is 0.150. The lowest BCUT2D eigenvalue weighted by atomic mass is 10.1. The fourth-order valence-electron chi connectivity index (χ4n) is 2.70. The van der Waals surface area contributed by atoms with Crippen LogP contribution in [0.5, 0.6) is 5.75 Å². The molecule has 3 rings (SSSR count). The molecule has 0 bridgehead atoms. The van der Waals surface area contributed by atoms with Gasteiger partial charge in [0, 0.05) is 24.7 Å². The lowest BCUT2D eigenvalue weighted by molar-refractivity contribution is -0.142. The molecule has 1 aromatic heterocycles. The van der Waals surface area contributed by atoms with Gasteiger partial charge in [0.15, 0.2) is 0 Å². The topological polar surface area (TPSA) is 82.5 Å². The van der Waals surface area contributed by atoms with Crippen LogP contribution in [0.4, 0.5) is 5.69 Å². The molecule has 2 amide bonds. The Morgan fingerprint density at radius 2 is 1.88 bits per heavy atom. The van der Waals surface area contributed by atoms with Crippen molar-refractivity contribution in [1.82, 2.24) is 9.88 Å². The van der Waals surface area contributed by atoms with E-state index in [1.54, 1.807) is 36.4 Å². The number of likely N-dealkylation sites (N-methyl/N-ethyl adjacent to an activating group) is 1. The number of pyridine rings is 1. The molecule has 0 aliphatic heterocycles. The van der Waals surface area contributed by atoms with Crippen molar-refractivity contribution in [2.75, 3.05) is 12.4 Å². The molecule has 2 aromatic carbocycles. The summed E-state index contributed by atoms with van der Waals surface area (Å²) in [5, 5.41) is 13.0. The minimum atomic E-state index is -0.733. The van der Waals surface area contributed by atoms with Crippen molar-refractivity contribution in [3.63, 3.8) is 0 Å². The Hall–Kier alpha value is -3.41. The number of fused-ring (bicyclic) bond motifs is 1. The number of phenolic OH excluding ortho intramolecular Hbond substituents is 1. The summed E-state index contributed by atoms with van der Waals surface area (Å²) in [6.45, 7) is 2.08. The van der Waals surface area contributed by atoms with Crippen LogP contribution in [-0.2, 0) is 16.1 Å². The molecule has 0 radical (unpaired) electrons. The Balaban J connectivity index is 1.75. The summed E-state index contributed by atoms with van der Waals surface area (Å²) in [6, 6.07) is 15.8. The lowest BCUT2D eigenvalue weighted by Gasteiger charge is -2.17. The standard InChI is InChI=1S/C20H19N3O3/c1-13-9-10-15-6-4-8-17(18(15)21-13)22-19(25)20(26)23(2)12-14-5-3-7-16(24)11-14/h3-11,24H,12H2,1-2H3,(H,22,25). The van der Waals surface area contributed by atoms with Gasteiger partial charge in [-0.05, 0) is 36.8 Å². The predicted molar refractivity (Wildman–Crippen MR) is 99.7 cm³/mol. The molecule has 26 heavy (non-hydrogen) atoms. The molecule has 3 aromatic rings. The van der Waals surface area contributed by atoms with E-state index in [1.807, 2.05) is 25.1 Å². The predicted octanol–water partition coefficient (Wildman–Crippen LogP) is 2.85. The maximum atomic E-state index is 12.4. The molecule has 6 nitrogen and oxygen atoms in total. The number of nitrogens with one attached hydrogen (secondary N) is 1. The zero-order chi connectivity index (χ0) is 18.7. The van der Waals surface area contributed by atoms with Crippen LogP contribution < -0.4 is 5.32 Å². The smallest absolute Gasteiger partial charge is 0.313 e. The van der Waals surface area contributed by atoms with E-state index in [1.165, 1.54) is 11.9 Å². The van der Waals surface area contributed by atoms with E-state index < -0.39 is 11.8 Å². The first-order valence-electron chi connectivity index (χ1n) is 8.15. The van der Waals surface area contributed by atoms with E-state index in [4.69, 9.17) is 0 Å². The third kappa shape index (κ3) is 3.80. The van der Waals surface area contributed by atoms with Crippen molar-refractivity contribution in [2.45, 2.75) is 13.5 Å². The number of aromatic hydroxyl groups is 1. The third-order valence-corrected chi connectivity index (χ3v) is 3.98. The number of aromatic nitrogens is 1. The average Bonchev–Trinajstić information content (AvgIpc) is 2.61. The maximum Gasteiger partial charge on any atom is 0.313 e. The monoisotopic (exact) mass is 349 g/mol. The highest BCUT2D eigenvalue weighted by Gasteiger charge is 2.20. The van der Waals surface area contributed by atoms with Crippen LogP contribution in [0.25, 0.3) is 10.9 Å². The number of para-hydroxylation sites is 1. The SMILES string of the molecule is Cc1ccc2cccc(NC(=O)C(=O)N(C)Cc3cccc(O)c3)c2n1. The van der Waals surface area contributed by atoms with Crippen LogP contribution in [0.15, 0.2) is 54.6 Å². The van der Waals surface area contributed by atoms with Crippen molar-refractivity contribution in [3.8, 4) is 5.75 Å². The number of aryl methyl sites for hydroxylation is 1. The highest BCUT2D eigenvalue weighted by molar-refractivity contribution is 6.40. The summed E-state index contributed by atoms with van der Waals surface area (Å²) in [4.78, 5) is 30.5. The molecular weight excluding hydrogens is 330 g/mol. The van der Waals surface area contributed by atoms with Gasteiger partial charge in [-0.1, -0.05) is 30.3 Å². The number of nitrogens with zero attached hydrogens (tertiary/aromatic N) is 2. The summed E-state index contributed by atoms with van der Waals surface area (Å²) in [5.41, 5.74) is 2.70. The van der Waals surface area contributed by atoms with Gasteiger partial charge >= 0.3 is 11.8 Å². The zero-order valence-corrected chi connectivity index (χ0v) is 14.6. The quantitative estimate of drug-likeness (QED) is 0.712. The van der Waals surface area contributed by atoms with E-state index in [0.717, 1.165) is 16.6 Å². The number of rotatable bonds is 3. The van der Waals surface area contributed by atoms with Crippen LogP contribution in [0.2, 0.25) is 0 Å². The maximum absolute atomic E-state index is 12.4. The highest BCUT2D eigenvalue weighted by atomic mass is 16.3. The molecule has 0 spiro atoms. The Kier molecular flexibility index (Phi) is 4.84. The molecule has 1 heterocycles. The Bertz CT molecular complexity index is 985. The number of phenols is 1. The van der Waals surface area contributed by atoms with Crippen molar-refractivity contribution in [2.24, 2.45) is 0 Å². The molecule has 0 saturated heterocycles. The Morgan fingerprint density at radius 3 is 2.65 bits per heavy atom. The number of carbonyl (C=O) groups is 2. The van der Waals surface area contributed by atoms with Crippen LogP contribution in [0.1, 0.15) is 11.3 Å². The van der Waals surface area contributed by atoms with Gasteiger partial charge < -0.3 is 15.3 Å². The van der Waals surface area contributed by atoms with Crippen molar-refractivity contribution < 1.29 is 14.7 Å². The first-order chi connectivity index (χ1) is 12.4. The number of hydrogen-bond donors (Lipinski definition) is 2. The van der Waals surface area contributed by atoms with Crippen LogP contribution in [0, 0.1) is 6.92 Å². The number of carbonyl (C=O) groups excluding carboxylic acids is 2. The lowest BCUT2D eigenvalue weighted by Crippen LogP contribution is -2.36. The third-order valence-electron chi connectivity index (χ3n) is 3.98. The van der Waals surface area contributed by atoms with Crippen LogP contribution >= 0.6 is 0 Å². The molecule has 0 saturated carbocycles. The van der Waals surface area contributed by atoms with Crippen LogP contribution in [0.3, 0.4) is 0 Å². The Morgan fingerprint density at radius 1 is 1.12 bits per heavy atom. The van der Waals surface area contributed by atoms with Gasteiger partial charge in [0.05, 0.1) is 11.2 Å². The fourth-order valence-corrected chi connectivity index (χ4v) is 2.70. The van der Waals surface area contributed by atoms with E-state index >= 15 is 0 Å². The van der Waals surface area contributed by atoms with Crippen molar-refractivity contribution >= 4 is 28.4 Å². The van der Waals surface area contributed by atoms with Crippen LogP contribution in [-0.4, -0.2) is 33.9 Å². The van der Waals surface area contributed by atoms with Crippen molar-refractivity contribution in [1.29, 1.82) is 0 Å². The molecule has 132 valence electrons. The minimum Gasteiger partial charge on any atom is -0.508 e. The van der Waals surface area contributed by atoms with E-state index in [2.05, 4.69) is 10.3 Å². The van der Waals surface area contributed by atoms with E-state index in [-0.39, 0.29) is 12.3 Å². The summed E-state index contributed by atoms with van der Waals surface area (Å²) < 4.78 is 0. The average molecular weight is 349 g/mol. The molecular formula is C20H19N3O3. The Labute approximate surface area is 151 Å².